The van der Waals surface area contributed by atoms with Gasteiger partial charge in [0.05, 0.1) is 7.11 Å². The molecule has 3 aromatic rings. The minimum Gasteiger partial charge on any atom is -0.497 e. The van der Waals surface area contributed by atoms with E-state index in [1.54, 1.807) is 13.3 Å². The summed E-state index contributed by atoms with van der Waals surface area (Å²) in [4.78, 5) is 8.83. The SMILES string of the molecule is COc1ccc(CCNc2ccnc(Nc3ccc(C(C)C)cc3)n2)cc1. The lowest BCUT2D eigenvalue weighted by Crippen LogP contribution is -2.07. The average molecular weight is 362 g/mol. The molecule has 3 rings (SSSR count). The summed E-state index contributed by atoms with van der Waals surface area (Å²) in [5.41, 5.74) is 3.55. The van der Waals surface area contributed by atoms with Crippen LogP contribution < -0.4 is 15.4 Å². The third kappa shape index (κ3) is 5.45. The standard InChI is InChI=1S/C22H26N4O/c1-16(2)18-6-8-19(9-7-18)25-22-24-15-13-21(26-22)23-14-12-17-4-10-20(27-3)11-5-17/h4-11,13,15-16H,12,14H2,1-3H3,(H2,23,24,25,26). The Labute approximate surface area is 160 Å². The van der Waals surface area contributed by atoms with Crippen molar-refractivity contribution in [2.75, 3.05) is 24.3 Å². The molecule has 0 aliphatic rings. The Balaban J connectivity index is 1.55. The third-order valence-corrected chi connectivity index (χ3v) is 4.37. The molecule has 0 amide bonds. The summed E-state index contributed by atoms with van der Waals surface area (Å²) < 4.78 is 5.18. The number of rotatable bonds is 8. The Kier molecular flexibility index (Phi) is 6.26. The predicted molar refractivity (Wildman–Crippen MR) is 111 cm³/mol. The van der Waals surface area contributed by atoms with E-state index in [-0.39, 0.29) is 0 Å². The minimum atomic E-state index is 0.522. The van der Waals surface area contributed by atoms with Gasteiger partial charge in [-0.05, 0) is 53.8 Å². The van der Waals surface area contributed by atoms with Crippen LogP contribution >= 0.6 is 0 Å². The van der Waals surface area contributed by atoms with Crippen LogP contribution in [-0.4, -0.2) is 23.6 Å². The van der Waals surface area contributed by atoms with E-state index in [1.807, 2.05) is 18.2 Å². The zero-order valence-electron chi connectivity index (χ0n) is 16.1. The van der Waals surface area contributed by atoms with Crippen LogP contribution in [-0.2, 0) is 6.42 Å². The first-order valence-electron chi connectivity index (χ1n) is 9.21. The fraction of sp³-hybridized carbons (Fsp3) is 0.273. The van der Waals surface area contributed by atoms with E-state index < -0.39 is 0 Å². The molecule has 140 valence electrons. The molecule has 0 radical (unpaired) electrons. The van der Waals surface area contributed by atoms with E-state index in [2.05, 4.69) is 70.8 Å². The molecule has 5 heteroatoms. The predicted octanol–water partition coefficient (Wildman–Crippen LogP) is 5.01. The highest BCUT2D eigenvalue weighted by Gasteiger charge is 2.02. The summed E-state index contributed by atoms with van der Waals surface area (Å²) in [5, 5.41) is 6.60. The topological polar surface area (TPSA) is 59.1 Å². The average Bonchev–Trinajstić information content (AvgIpc) is 2.69. The molecule has 1 aromatic heterocycles. The summed E-state index contributed by atoms with van der Waals surface area (Å²) in [6.45, 7) is 5.17. The largest absolute Gasteiger partial charge is 0.497 e. The second kappa shape index (κ2) is 9.03. The van der Waals surface area contributed by atoms with E-state index in [0.717, 1.165) is 30.2 Å². The Hall–Kier alpha value is -3.08. The van der Waals surface area contributed by atoms with Gasteiger partial charge in [0.15, 0.2) is 0 Å². The van der Waals surface area contributed by atoms with Crippen LogP contribution in [0.2, 0.25) is 0 Å². The van der Waals surface area contributed by atoms with Gasteiger partial charge >= 0.3 is 0 Å². The molecule has 0 saturated heterocycles. The van der Waals surface area contributed by atoms with Crippen LogP contribution in [0.25, 0.3) is 0 Å². The number of ether oxygens (including phenoxy) is 1. The first kappa shape index (κ1) is 18.7. The molecular weight excluding hydrogens is 336 g/mol. The maximum atomic E-state index is 5.18. The van der Waals surface area contributed by atoms with E-state index in [0.29, 0.717) is 11.9 Å². The molecule has 0 unspecified atom stereocenters. The van der Waals surface area contributed by atoms with Gasteiger partial charge in [-0.25, -0.2) is 4.98 Å². The Bertz CT molecular complexity index is 845. The number of benzene rings is 2. The molecule has 0 saturated carbocycles. The van der Waals surface area contributed by atoms with Gasteiger partial charge in [0.25, 0.3) is 0 Å². The molecule has 0 bridgehead atoms. The summed E-state index contributed by atoms with van der Waals surface area (Å²) in [5.74, 6) is 2.79. The first-order valence-corrected chi connectivity index (χ1v) is 9.21. The van der Waals surface area contributed by atoms with Crippen LogP contribution in [0.3, 0.4) is 0 Å². The van der Waals surface area contributed by atoms with Crippen LogP contribution in [0.4, 0.5) is 17.5 Å². The molecular formula is C22H26N4O. The van der Waals surface area contributed by atoms with Gasteiger partial charge in [0.1, 0.15) is 11.6 Å². The minimum absolute atomic E-state index is 0.522. The molecule has 0 spiro atoms. The van der Waals surface area contributed by atoms with Gasteiger partial charge in [-0.15, -0.1) is 0 Å². The number of methoxy groups -OCH3 is 1. The lowest BCUT2D eigenvalue weighted by atomic mass is 10.0. The second-order valence-electron chi connectivity index (χ2n) is 6.69. The van der Waals surface area contributed by atoms with E-state index in [9.17, 15) is 0 Å². The van der Waals surface area contributed by atoms with Gasteiger partial charge in [-0.3, -0.25) is 0 Å². The van der Waals surface area contributed by atoms with Crippen molar-refractivity contribution in [3.05, 3.63) is 71.9 Å². The van der Waals surface area contributed by atoms with Crippen LogP contribution in [0.15, 0.2) is 60.8 Å². The summed E-state index contributed by atoms with van der Waals surface area (Å²) >= 11 is 0. The lowest BCUT2D eigenvalue weighted by molar-refractivity contribution is 0.414. The van der Waals surface area contributed by atoms with Crippen molar-refractivity contribution in [3.8, 4) is 5.75 Å². The summed E-state index contributed by atoms with van der Waals surface area (Å²) in [6, 6.07) is 18.4. The highest BCUT2D eigenvalue weighted by molar-refractivity contribution is 5.55. The van der Waals surface area contributed by atoms with E-state index in [4.69, 9.17) is 4.74 Å². The van der Waals surface area contributed by atoms with Crippen molar-refractivity contribution in [2.45, 2.75) is 26.2 Å². The molecule has 1 heterocycles. The Morgan fingerprint density at radius 3 is 2.37 bits per heavy atom. The highest BCUT2D eigenvalue weighted by atomic mass is 16.5. The number of nitrogens with one attached hydrogen (secondary N) is 2. The number of aromatic nitrogens is 2. The number of nitrogens with zero attached hydrogens (tertiary/aromatic N) is 2. The van der Waals surface area contributed by atoms with Crippen molar-refractivity contribution >= 4 is 17.5 Å². The molecule has 2 N–H and O–H groups in total. The zero-order chi connectivity index (χ0) is 19.1. The molecule has 2 aromatic carbocycles. The summed E-state index contributed by atoms with van der Waals surface area (Å²) in [7, 11) is 1.68. The normalized spacial score (nSPS) is 10.7. The fourth-order valence-corrected chi connectivity index (χ4v) is 2.72. The third-order valence-electron chi connectivity index (χ3n) is 4.37. The van der Waals surface area contributed by atoms with Gasteiger partial charge in [0, 0.05) is 18.4 Å². The smallest absolute Gasteiger partial charge is 0.229 e. The molecule has 0 aliphatic heterocycles. The summed E-state index contributed by atoms with van der Waals surface area (Å²) in [6.07, 6.45) is 2.67. The maximum Gasteiger partial charge on any atom is 0.229 e. The lowest BCUT2D eigenvalue weighted by Gasteiger charge is -2.10. The van der Waals surface area contributed by atoms with Crippen molar-refractivity contribution in [3.63, 3.8) is 0 Å². The molecule has 0 fully saturated rings. The Morgan fingerprint density at radius 2 is 1.70 bits per heavy atom. The maximum absolute atomic E-state index is 5.18. The van der Waals surface area contributed by atoms with Crippen LogP contribution in [0.1, 0.15) is 30.9 Å². The van der Waals surface area contributed by atoms with Gasteiger partial charge in [0.2, 0.25) is 5.95 Å². The molecule has 0 atom stereocenters. The molecule has 27 heavy (non-hydrogen) atoms. The fourth-order valence-electron chi connectivity index (χ4n) is 2.72. The monoisotopic (exact) mass is 362 g/mol. The van der Waals surface area contributed by atoms with E-state index in [1.165, 1.54) is 11.1 Å². The Morgan fingerprint density at radius 1 is 0.963 bits per heavy atom. The van der Waals surface area contributed by atoms with Crippen molar-refractivity contribution in [1.82, 2.24) is 9.97 Å². The first-order chi connectivity index (χ1) is 13.1. The van der Waals surface area contributed by atoms with Gasteiger partial charge < -0.3 is 15.4 Å². The van der Waals surface area contributed by atoms with Crippen LogP contribution in [0.5, 0.6) is 5.75 Å². The molecule has 5 nitrogen and oxygen atoms in total. The van der Waals surface area contributed by atoms with Crippen molar-refractivity contribution in [1.29, 1.82) is 0 Å². The quantitative estimate of drug-likeness (QED) is 0.590. The highest BCUT2D eigenvalue weighted by Crippen LogP contribution is 2.19. The molecule has 0 aliphatic carbocycles. The van der Waals surface area contributed by atoms with Gasteiger partial charge in [-0.1, -0.05) is 38.1 Å². The van der Waals surface area contributed by atoms with E-state index >= 15 is 0 Å². The van der Waals surface area contributed by atoms with Crippen molar-refractivity contribution in [2.24, 2.45) is 0 Å². The number of hydrogen-bond acceptors (Lipinski definition) is 5. The van der Waals surface area contributed by atoms with Gasteiger partial charge in [-0.2, -0.15) is 4.98 Å². The van der Waals surface area contributed by atoms with Crippen LogP contribution in [0, 0.1) is 0 Å². The van der Waals surface area contributed by atoms with Crippen molar-refractivity contribution < 1.29 is 4.74 Å². The number of hydrogen-bond donors (Lipinski definition) is 2. The number of anilines is 3. The second-order valence-corrected chi connectivity index (χ2v) is 6.69. The zero-order valence-corrected chi connectivity index (χ0v) is 16.1.